The number of hydrogen-bond donors (Lipinski definition) is 0. The third-order valence-corrected chi connectivity index (χ3v) is 8.75. The van der Waals surface area contributed by atoms with Gasteiger partial charge in [-0.15, -0.1) is 0 Å². The second-order valence-corrected chi connectivity index (χ2v) is 14.2. The Bertz CT molecular complexity index is 1760. The molecule has 0 amide bonds. The van der Waals surface area contributed by atoms with E-state index in [9.17, 15) is 9.59 Å². The van der Waals surface area contributed by atoms with Gasteiger partial charge in [-0.25, -0.2) is 4.79 Å². The Morgan fingerprint density at radius 3 is 1.68 bits per heavy atom. The molecule has 0 saturated heterocycles. The van der Waals surface area contributed by atoms with Gasteiger partial charge in [0.15, 0.2) is 6.29 Å². The molecule has 1 heterocycles. The number of rotatable bonds is 5. The fraction of sp³-hybridized carbons (Fsp3) is 0.333. The summed E-state index contributed by atoms with van der Waals surface area (Å²) in [4.78, 5) is 24.2. The van der Waals surface area contributed by atoms with Crippen LogP contribution in [0.5, 0.6) is 17.2 Å². The third kappa shape index (κ3) is 5.40. The molecule has 4 aromatic rings. The van der Waals surface area contributed by atoms with Gasteiger partial charge < -0.3 is 14.2 Å². The molecule has 5 nitrogen and oxygen atoms in total. The summed E-state index contributed by atoms with van der Waals surface area (Å²) < 4.78 is 17.4. The molecule has 228 valence electrons. The first-order chi connectivity index (χ1) is 20.6. The lowest BCUT2D eigenvalue weighted by atomic mass is 9.70. The van der Waals surface area contributed by atoms with E-state index in [4.69, 9.17) is 14.2 Å². The molecule has 0 unspecified atom stereocenters. The highest BCUT2D eigenvalue weighted by molar-refractivity contribution is 5.91. The first-order valence-electron chi connectivity index (χ1n) is 15.0. The largest absolute Gasteiger partial charge is 0.496 e. The van der Waals surface area contributed by atoms with E-state index in [-0.39, 0.29) is 16.8 Å². The molecular weight excluding hydrogens is 548 g/mol. The van der Waals surface area contributed by atoms with Gasteiger partial charge in [-0.3, -0.25) is 4.79 Å². The van der Waals surface area contributed by atoms with Crippen molar-refractivity contribution in [2.75, 3.05) is 14.2 Å². The minimum absolute atomic E-state index is 0.112. The first-order valence-corrected chi connectivity index (χ1v) is 15.0. The Morgan fingerprint density at radius 2 is 1.23 bits per heavy atom. The van der Waals surface area contributed by atoms with Crippen LogP contribution in [-0.2, 0) is 21.0 Å². The van der Waals surface area contributed by atoms with E-state index >= 15 is 0 Å². The molecule has 5 rings (SSSR count). The zero-order chi connectivity index (χ0) is 32.2. The lowest BCUT2D eigenvalue weighted by Gasteiger charge is -2.39. The molecule has 0 bridgehead atoms. The predicted molar refractivity (Wildman–Crippen MR) is 177 cm³/mol. The summed E-state index contributed by atoms with van der Waals surface area (Å²) in [6.45, 7) is 17.8. The minimum atomic E-state index is -0.416. The quantitative estimate of drug-likeness (QED) is 0.171. The lowest BCUT2D eigenvalue weighted by molar-refractivity contribution is 0.0600. The summed E-state index contributed by atoms with van der Waals surface area (Å²) in [6, 6.07) is 22.1. The maximum atomic E-state index is 12.2. The minimum Gasteiger partial charge on any atom is -0.496 e. The van der Waals surface area contributed by atoms with Crippen LogP contribution < -0.4 is 9.47 Å². The zero-order valence-electron chi connectivity index (χ0n) is 27.5. The Hall–Kier alpha value is -4.38. The standard InChI is InChI=1S/C39H42O5/c1-37(2,3)27-18-29(23-11-13-24(14-12-23)36(41)43-10)34-31(20-27)39(7,8)32-21-28(38(4,5)6)19-30(35(32)44-34)25-15-16-33(42-9)26(17-25)22-40/h11-22H,1-10H3. The van der Waals surface area contributed by atoms with Gasteiger partial charge in [-0.2, -0.15) is 0 Å². The average molecular weight is 591 g/mol. The van der Waals surface area contributed by atoms with E-state index < -0.39 is 5.41 Å². The van der Waals surface area contributed by atoms with Crippen molar-refractivity contribution < 1.29 is 23.8 Å². The van der Waals surface area contributed by atoms with Crippen LogP contribution in [-0.4, -0.2) is 26.5 Å². The van der Waals surface area contributed by atoms with Crippen molar-refractivity contribution in [3.8, 4) is 39.5 Å². The second kappa shape index (κ2) is 11.0. The molecule has 0 aromatic heterocycles. The average Bonchev–Trinajstić information content (AvgIpc) is 2.98. The molecule has 0 N–H and O–H groups in total. The maximum absolute atomic E-state index is 12.2. The van der Waals surface area contributed by atoms with Gasteiger partial charge in [-0.05, 0) is 69.5 Å². The first kappa shape index (κ1) is 31.1. The van der Waals surface area contributed by atoms with Crippen LogP contribution in [0.15, 0.2) is 66.7 Å². The Kier molecular flexibility index (Phi) is 7.74. The highest BCUT2D eigenvalue weighted by Gasteiger charge is 2.39. The molecule has 5 heteroatoms. The third-order valence-electron chi connectivity index (χ3n) is 8.75. The van der Waals surface area contributed by atoms with Crippen LogP contribution in [0.1, 0.15) is 98.4 Å². The number of carbonyl (C=O) groups excluding carboxylic acids is 2. The monoisotopic (exact) mass is 590 g/mol. The van der Waals surface area contributed by atoms with Gasteiger partial charge in [0.2, 0.25) is 0 Å². The smallest absolute Gasteiger partial charge is 0.337 e. The molecule has 0 atom stereocenters. The SMILES string of the molecule is COC(=O)c1ccc(-c2cc(C(C)(C)C)cc3c2Oc2c(-c4ccc(OC)c(C=O)c4)cc(C(C)(C)C)cc2C3(C)C)cc1. The van der Waals surface area contributed by atoms with E-state index in [1.54, 1.807) is 19.2 Å². The van der Waals surface area contributed by atoms with Gasteiger partial charge in [0, 0.05) is 27.7 Å². The van der Waals surface area contributed by atoms with Crippen LogP contribution in [0, 0.1) is 0 Å². The van der Waals surface area contributed by atoms with E-state index in [0.717, 1.165) is 51.2 Å². The van der Waals surface area contributed by atoms with E-state index in [2.05, 4.69) is 79.7 Å². The number of aldehydes is 1. The molecule has 1 aliphatic rings. The number of benzene rings is 4. The number of esters is 1. The van der Waals surface area contributed by atoms with Gasteiger partial charge in [0.25, 0.3) is 0 Å². The van der Waals surface area contributed by atoms with Crippen LogP contribution in [0.4, 0.5) is 0 Å². The molecule has 0 aliphatic carbocycles. The molecule has 0 radical (unpaired) electrons. The van der Waals surface area contributed by atoms with Crippen LogP contribution >= 0.6 is 0 Å². The van der Waals surface area contributed by atoms with Crippen molar-refractivity contribution in [2.24, 2.45) is 0 Å². The van der Waals surface area contributed by atoms with Crippen molar-refractivity contribution in [1.82, 2.24) is 0 Å². The summed E-state index contributed by atoms with van der Waals surface area (Å²) in [5.74, 6) is 1.72. The molecule has 44 heavy (non-hydrogen) atoms. The number of hydrogen-bond acceptors (Lipinski definition) is 5. The zero-order valence-corrected chi connectivity index (χ0v) is 27.5. The fourth-order valence-electron chi connectivity index (χ4n) is 5.85. The molecule has 1 aliphatic heterocycles. The fourth-order valence-corrected chi connectivity index (χ4v) is 5.85. The van der Waals surface area contributed by atoms with Crippen molar-refractivity contribution in [3.63, 3.8) is 0 Å². The van der Waals surface area contributed by atoms with Gasteiger partial charge in [-0.1, -0.05) is 85.7 Å². The number of ether oxygens (including phenoxy) is 3. The summed E-state index contributed by atoms with van der Waals surface area (Å²) in [5.41, 5.74) is 8.59. The van der Waals surface area contributed by atoms with E-state index in [0.29, 0.717) is 16.9 Å². The lowest BCUT2D eigenvalue weighted by Crippen LogP contribution is -2.27. The van der Waals surface area contributed by atoms with Crippen molar-refractivity contribution >= 4 is 12.3 Å². The summed E-state index contributed by atoms with van der Waals surface area (Å²) in [6.07, 6.45) is 0.826. The Labute approximate surface area is 261 Å². The number of carbonyl (C=O) groups is 2. The van der Waals surface area contributed by atoms with Crippen molar-refractivity contribution in [2.45, 2.75) is 71.6 Å². The van der Waals surface area contributed by atoms with Crippen LogP contribution in [0.25, 0.3) is 22.3 Å². The summed E-state index contributed by atoms with van der Waals surface area (Å²) >= 11 is 0. The van der Waals surface area contributed by atoms with Crippen molar-refractivity contribution in [1.29, 1.82) is 0 Å². The highest BCUT2D eigenvalue weighted by atomic mass is 16.5. The molecule has 0 saturated carbocycles. The van der Waals surface area contributed by atoms with E-state index in [1.165, 1.54) is 18.2 Å². The second-order valence-electron chi connectivity index (χ2n) is 14.2. The van der Waals surface area contributed by atoms with Gasteiger partial charge >= 0.3 is 5.97 Å². The molecule has 0 fully saturated rings. The Balaban J connectivity index is 1.82. The van der Waals surface area contributed by atoms with Gasteiger partial charge in [0.05, 0.1) is 25.3 Å². The van der Waals surface area contributed by atoms with Gasteiger partial charge in [0.1, 0.15) is 17.2 Å². The van der Waals surface area contributed by atoms with Crippen LogP contribution in [0.3, 0.4) is 0 Å². The maximum Gasteiger partial charge on any atom is 0.337 e. The molecular formula is C39H42O5. The number of methoxy groups -OCH3 is 2. The number of fused-ring (bicyclic) bond motifs is 2. The molecule has 4 aromatic carbocycles. The Morgan fingerprint density at radius 1 is 0.727 bits per heavy atom. The molecule has 0 spiro atoms. The van der Waals surface area contributed by atoms with E-state index in [1.807, 2.05) is 30.3 Å². The topological polar surface area (TPSA) is 61.8 Å². The summed E-state index contributed by atoms with van der Waals surface area (Å²) in [5, 5.41) is 0. The predicted octanol–water partition coefficient (Wildman–Crippen LogP) is 9.65. The normalized spacial score (nSPS) is 13.8. The van der Waals surface area contributed by atoms with Crippen LogP contribution in [0.2, 0.25) is 0 Å². The summed E-state index contributed by atoms with van der Waals surface area (Å²) in [7, 11) is 2.95. The van der Waals surface area contributed by atoms with Crippen molar-refractivity contribution in [3.05, 3.63) is 100 Å². The highest BCUT2D eigenvalue weighted by Crippen LogP contribution is 2.56.